The van der Waals surface area contributed by atoms with Crippen LogP contribution < -0.4 is 0 Å². The first-order chi connectivity index (χ1) is 4.74. The maximum atomic E-state index is 9.17. The number of aliphatic hydroxyl groups excluding tert-OH is 2. The minimum absolute atomic E-state index is 0.124. The van der Waals surface area contributed by atoms with Gasteiger partial charge in [0.2, 0.25) is 0 Å². The average Bonchev–Trinajstić information content (AvgIpc) is 1.94. The molecule has 3 nitrogen and oxygen atoms in total. The van der Waals surface area contributed by atoms with Gasteiger partial charge in [0.25, 0.3) is 0 Å². The van der Waals surface area contributed by atoms with Crippen molar-refractivity contribution >= 4 is 12.6 Å². The number of ether oxygens (including phenoxy) is 1. The highest BCUT2D eigenvalue weighted by molar-refractivity contribution is 7.80. The summed E-state index contributed by atoms with van der Waals surface area (Å²) in [5.74, 6) is 0. The van der Waals surface area contributed by atoms with Crippen molar-refractivity contribution in [3.63, 3.8) is 0 Å². The Morgan fingerprint density at radius 3 is 2.70 bits per heavy atom. The molecule has 4 heteroatoms. The molecule has 2 N–H and O–H groups in total. The molecule has 1 aliphatic heterocycles. The van der Waals surface area contributed by atoms with Crippen LogP contribution in [0.1, 0.15) is 12.8 Å². The first kappa shape index (κ1) is 8.33. The van der Waals surface area contributed by atoms with Crippen molar-refractivity contribution in [3.8, 4) is 0 Å². The van der Waals surface area contributed by atoms with Crippen LogP contribution in [0, 0.1) is 0 Å². The molecule has 0 aromatic heterocycles. The third kappa shape index (κ3) is 1.85. The van der Waals surface area contributed by atoms with Crippen molar-refractivity contribution in [1.82, 2.24) is 0 Å². The molecule has 10 heavy (non-hydrogen) atoms. The molecule has 1 saturated heterocycles. The third-order valence-electron chi connectivity index (χ3n) is 1.65. The highest BCUT2D eigenvalue weighted by Gasteiger charge is 2.27. The van der Waals surface area contributed by atoms with Crippen LogP contribution in [-0.4, -0.2) is 34.5 Å². The maximum Gasteiger partial charge on any atom is 0.108 e. The molecule has 0 bridgehead atoms. The molecular formula is C6H12O3S. The molecule has 0 aliphatic carbocycles. The summed E-state index contributed by atoms with van der Waals surface area (Å²) in [7, 11) is 0. The van der Waals surface area contributed by atoms with E-state index < -0.39 is 12.2 Å². The molecule has 0 saturated carbocycles. The molecule has 0 spiro atoms. The van der Waals surface area contributed by atoms with Crippen LogP contribution in [0.25, 0.3) is 0 Å². The van der Waals surface area contributed by atoms with Crippen molar-refractivity contribution in [2.24, 2.45) is 0 Å². The van der Waals surface area contributed by atoms with Crippen LogP contribution in [-0.2, 0) is 4.74 Å². The standard InChI is InChI=1S/C6H12O3S/c7-3-5-4(8)1-2-6(10)9-5/h4-8,10H,1-3H2/t4-,5-,6-/m0/s1. The van der Waals surface area contributed by atoms with E-state index in [0.29, 0.717) is 6.42 Å². The molecule has 3 atom stereocenters. The summed E-state index contributed by atoms with van der Waals surface area (Å²) in [5.41, 5.74) is -0.124. The van der Waals surface area contributed by atoms with E-state index in [1.165, 1.54) is 0 Å². The topological polar surface area (TPSA) is 49.7 Å². The van der Waals surface area contributed by atoms with Crippen molar-refractivity contribution < 1.29 is 14.9 Å². The highest BCUT2D eigenvalue weighted by atomic mass is 32.1. The van der Waals surface area contributed by atoms with Gasteiger partial charge in [-0.1, -0.05) is 0 Å². The first-order valence-electron chi connectivity index (χ1n) is 3.36. The summed E-state index contributed by atoms with van der Waals surface area (Å²) in [5, 5.41) is 17.8. The summed E-state index contributed by atoms with van der Waals surface area (Å²) < 4.78 is 5.11. The Morgan fingerprint density at radius 2 is 2.20 bits per heavy atom. The fraction of sp³-hybridized carbons (Fsp3) is 1.00. The predicted molar refractivity (Wildman–Crippen MR) is 40.0 cm³/mol. The van der Waals surface area contributed by atoms with Gasteiger partial charge in [0, 0.05) is 0 Å². The zero-order valence-electron chi connectivity index (χ0n) is 5.60. The van der Waals surface area contributed by atoms with Crippen LogP contribution in [0.5, 0.6) is 0 Å². The highest BCUT2D eigenvalue weighted by Crippen LogP contribution is 2.20. The number of aliphatic hydroxyl groups is 2. The molecule has 0 amide bonds. The monoisotopic (exact) mass is 164 g/mol. The van der Waals surface area contributed by atoms with Crippen molar-refractivity contribution in [3.05, 3.63) is 0 Å². The number of thiol groups is 1. The summed E-state index contributed by atoms with van der Waals surface area (Å²) in [6.45, 7) is -0.127. The zero-order valence-corrected chi connectivity index (χ0v) is 6.50. The van der Waals surface area contributed by atoms with E-state index in [0.717, 1.165) is 6.42 Å². The summed E-state index contributed by atoms with van der Waals surface area (Å²) in [6, 6.07) is 0. The molecule has 0 unspecified atom stereocenters. The second-order valence-electron chi connectivity index (χ2n) is 2.46. The quantitative estimate of drug-likeness (QED) is 0.469. The molecule has 1 aliphatic rings. The van der Waals surface area contributed by atoms with Gasteiger partial charge in [-0.3, -0.25) is 0 Å². The summed E-state index contributed by atoms with van der Waals surface area (Å²) in [6.07, 6.45) is 0.463. The van der Waals surface area contributed by atoms with E-state index in [1.807, 2.05) is 0 Å². The first-order valence-corrected chi connectivity index (χ1v) is 3.88. The van der Waals surface area contributed by atoms with E-state index in [1.54, 1.807) is 0 Å². The van der Waals surface area contributed by atoms with E-state index in [-0.39, 0.29) is 12.0 Å². The van der Waals surface area contributed by atoms with Gasteiger partial charge in [-0.05, 0) is 12.8 Å². The van der Waals surface area contributed by atoms with Crippen LogP contribution in [0.2, 0.25) is 0 Å². The van der Waals surface area contributed by atoms with Gasteiger partial charge in [0.15, 0.2) is 0 Å². The molecule has 0 radical (unpaired) electrons. The fourth-order valence-corrected chi connectivity index (χ4v) is 1.33. The smallest absolute Gasteiger partial charge is 0.108 e. The largest absolute Gasteiger partial charge is 0.394 e. The molecule has 1 heterocycles. The normalized spacial score (nSPS) is 41.7. The Hall–Kier alpha value is 0.230. The average molecular weight is 164 g/mol. The van der Waals surface area contributed by atoms with Crippen LogP contribution in [0.3, 0.4) is 0 Å². The Kier molecular flexibility index (Phi) is 2.97. The van der Waals surface area contributed by atoms with Gasteiger partial charge in [-0.2, -0.15) is 0 Å². The summed E-state index contributed by atoms with van der Waals surface area (Å²) in [4.78, 5) is 0. The van der Waals surface area contributed by atoms with Gasteiger partial charge in [0.05, 0.1) is 12.7 Å². The van der Waals surface area contributed by atoms with Gasteiger partial charge in [-0.25, -0.2) is 0 Å². The number of hydrogen-bond acceptors (Lipinski definition) is 4. The molecule has 0 aromatic carbocycles. The van der Waals surface area contributed by atoms with Crippen LogP contribution in [0.15, 0.2) is 0 Å². The zero-order chi connectivity index (χ0) is 7.56. The molecule has 60 valence electrons. The van der Waals surface area contributed by atoms with E-state index in [4.69, 9.17) is 14.9 Å². The maximum absolute atomic E-state index is 9.17. The SMILES string of the molecule is OC[C@@H]1O[C@@H](S)CC[C@@H]1O. The predicted octanol–water partition coefficient (Wildman–Crippen LogP) is -0.226. The molecular weight excluding hydrogens is 152 g/mol. The fourth-order valence-electron chi connectivity index (χ4n) is 1.02. The van der Waals surface area contributed by atoms with Gasteiger partial charge < -0.3 is 14.9 Å². The van der Waals surface area contributed by atoms with Gasteiger partial charge in [0.1, 0.15) is 11.5 Å². The summed E-state index contributed by atoms with van der Waals surface area (Å²) >= 11 is 4.07. The van der Waals surface area contributed by atoms with Crippen molar-refractivity contribution in [1.29, 1.82) is 0 Å². The van der Waals surface area contributed by atoms with Crippen LogP contribution >= 0.6 is 12.6 Å². The number of rotatable bonds is 1. The van der Waals surface area contributed by atoms with Gasteiger partial charge in [-0.15, -0.1) is 12.6 Å². The van der Waals surface area contributed by atoms with Crippen LogP contribution in [0.4, 0.5) is 0 Å². The van der Waals surface area contributed by atoms with Crippen molar-refractivity contribution in [2.75, 3.05) is 6.61 Å². The molecule has 0 aromatic rings. The van der Waals surface area contributed by atoms with Gasteiger partial charge >= 0.3 is 0 Å². The lowest BCUT2D eigenvalue weighted by atomic mass is 10.1. The Labute approximate surface area is 65.4 Å². The Morgan fingerprint density at radius 1 is 1.50 bits per heavy atom. The minimum atomic E-state index is -0.520. The Bertz CT molecular complexity index is 109. The van der Waals surface area contributed by atoms with Crippen molar-refractivity contribution in [2.45, 2.75) is 30.5 Å². The number of hydrogen-bond donors (Lipinski definition) is 3. The second-order valence-corrected chi connectivity index (χ2v) is 3.03. The minimum Gasteiger partial charge on any atom is -0.394 e. The lowest BCUT2D eigenvalue weighted by molar-refractivity contribution is -0.105. The molecule has 1 rings (SSSR count). The lowest BCUT2D eigenvalue weighted by Crippen LogP contribution is -2.39. The van der Waals surface area contributed by atoms with E-state index in [9.17, 15) is 0 Å². The third-order valence-corrected chi connectivity index (χ3v) is 2.03. The Balaban J connectivity index is 2.38. The lowest BCUT2D eigenvalue weighted by Gasteiger charge is -2.30. The second kappa shape index (κ2) is 3.57. The van der Waals surface area contributed by atoms with E-state index >= 15 is 0 Å². The molecule has 1 fully saturated rings. The van der Waals surface area contributed by atoms with E-state index in [2.05, 4.69) is 12.6 Å².